The fourth-order valence-electron chi connectivity index (χ4n) is 1.60. The molecule has 0 aliphatic rings. The largest absolute Gasteiger partial charge is 0.384 e. The van der Waals surface area contributed by atoms with Crippen molar-refractivity contribution in [2.45, 2.75) is 11.4 Å². The van der Waals surface area contributed by atoms with Crippen molar-refractivity contribution in [3.05, 3.63) is 42.0 Å². The van der Waals surface area contributed by atoms with Crippen LogP contribution in [0.25, 0.3) is 0 Å². The maximum atomic E-state index is 12.2. The van der Waals surface area contributed by atoms with Crippen LogP contribution in [0.4, 0.5) is 0 Å². The van der Waals surface area contributed by atoms with Crippen LogP contribution in [0.3, 0.4) is 0 Å². The highest BCUT2D eigenvalue weighted by molar-refractivity contribution is 7.89. The first kappa shape index (κ1) is 15.2. The fourth-order valence-corrected chi connectivity index (χ4v) is 2.59. The zero-order chi connectivity index (χ0) is 15.3. The Morgan fingerprint density at radius 1 is 1.43 bits per heavy atom. The maximum absolute atomic E-state index is 12.2. The molecule has 0 spiro atoms. The molecule has 2 rings (SSSR count). The zero-order valence-electron chi connectivity index (χ0n) is 11.3. The molecule has 0 saturated carbocycles. The molecule has 0 radical (unpaired) electrons. The number of hydrogen-bond acceptors (Lipinski definition) is 5. The first-order valence-corrected chi connectivity index (χ1v) is 7.52. The second-order valence-corrected chi connectivity index (χ2v) is 5.91. The number of nitrogens with zero attached hydrogens (tertiary/aromatic N) is 3. The average molecular weight is 306 g/mol. The second kappa shape index (κ2) is 6.49. The van der Waals surface area contributed by atoms with Gasteiger partial charge in [-0.15, -0.1) is 0 Å². The SMILES string of the molecule is Cn1nccc1CNS(=O)(=O)c1cncc(C#CCO)c1. The summed E-state index contributed by atoms with van der Waals surface area (Å²) < 4.78 is 28.4. The van der Waals surface area contributed by atoms with Crippen molar-refractivity contribution < 1.29 is 13.5 Å². The Bertz CT molecular complexity index is 787. The van der Waals surface area contributed by atoms with Crippen molar-refractivity contribution in [2.24, 2.45) is 7.05 Å². The van der Waals surface area contributed by atoms with Crippen molar-refractivity contribution in [3.63, 3.8) is 0 Å². The highest BCUT2D eigenvalue weighted by Crippen LogP contribution is 2.09. The molecule has 7 nitrogen and oxygen atoms in total. The molecular weight excluding hydrogens is 292 g/mol. The Morgan fingerprint density at radius 3 is 2.90 bits per heavy atom. The summed E-state index contributed by atoms with van der Waals surface area (Å²) >= 11 is 0. The number of aliphatic hydroxyl groups is 1. The quantitative estimate of drug-likeness (QED) is 0.752. The van der Waals surface area contributed by atoms with Crippen molar-refractivity contribution in [1.82, 2.24) is 19.5 Å². The van der Waals surface area contributed by atoms with E-state index in [0.717, 1.165) is 5.69 Å². The molecule has 2 N–H and O–H groups in total. The van der Waals surface area contributed by atoms with E-state index in [9.17, 15) is 8.42 Å². The third kappa shape index (κ3) is 3.88. The summed E-state index contributed by atoms with van der Waals surface area (Å²) in [6.45, 7) is -0.166. The number of sulfonamides is 1. The highest BCUT2D eigenvalue weighted by atomic mass is 32.2. The lowest BCUT2D eigenvalue weighted by atomic mass is 10.3. The van der Waals surface area contributed by atoms with Gasteiger partial charge in [0.15, 0.2) is 0 Å². The Morgan fingerprint density at radius 2 is 2.24 bits per heavy atom. The van der Waals surface area contributed by atoms with E-state index < -0.39 is 10.0 Å². The minimum Gasteiger partial charge on any atom is -0.384 e. The standard InChI is InChI=1S/C13H14N4O3S/c1-17-12(4-5-15-17)9-16-21(19,20)13-7-11(3-2-6-18)8-14-10-13/h4-5,7-8,10,16,18H,6,9H2,1H3. The summed E-state index contributed by atoms with van der Waals surface area (Å²) in [7, 11) is -1.95. The van der Waals surface area contributed by atoms with Crippen LogP contribution in [0.5, 0.6) is 0 Å². The lowest BCUT2D eigenvalue weighted by molar-refractivity contribution is 0.350. The highest BCUT2D eigenvalue weighted by Gasteiger charge is 2.15. The first-order valence-electron chi connectivity index (χ1n) is 6.04. The Hall–Kier alpha value is -2.21. The second-order valence-electron chi connectivity index (χ2n) is 4.14. The Kier molecular flexibility index (Phi) is 4.70. The van der Waals surface area contributed by atoms with Gasteiger partial charge in [-0.05, 0) is 12.1 Å². The molecule has 0 saturated heterocycles. The predicted molar refractivity (Wildman–Crippen MR) is 75.4 cm³/mol. The number of pyridine rings is 1. The van der Waals surface area contributed by atoms with Gasteiger partial charge in [-0.25, -0.2) is 13.1 Å². The molecule has 110 valence electrons. The van der Waals surface area contributed by atoms with Gasteiger partial charge in [0.2, 0.25) is 10.0 Å². The van der Waals surface area contributed by atoms with E-state index in [1.807, 2.05) is 0 Å². The minimum absolute atomic E-state index is 0.0226. The van der Waals surface area contributed by atoms with Crippen molar-refractivity contribution in [2.75, 3.05) is 6.61 Å². The van der Waals surface area contributed by atoms with Gasteiger partial charge in [-0.3, -0.25) is 9.67 Å². The third-order valence-corrected chi connectivity index (χ3v) is 4.07. The summed E-state index contributed by atoms with van der Waals surface area (Å²) in [5.74, 6) is 5.06. The van der Waals surface area contributed by atoms with Gasteiger partial charge in [0.05, 0.1) is 12.2 Å². The maximum Gasteiger partial charge on any atom is 0.242 e. The van der Waals surface area contributed by atoms with Crippen LogP contribution in [-0.4, -0.2) is 34.9 Å². The van der Waals surface area contributed by atoms with Crippen LogP contribution < -0.4 is 4.72 Å². The van der Waals surface area contributed by atoms with Crippen molar-refractivity contribution in [3.8, 4) is 11.8 Å². The van der Waals surface area contributed by atoms with Crippen molar-refractivity contribution >= 4 is 10.0 Å². The van der Waals surface area contributed by atoms with Gasteiger partial charge in [0.25, 0.3) is 0 Å². The molecule has 0 aliphatic heterocycles. The van der Waals surface area contributed by atoms with Gasteiger partial charge in [0, 0.05) is 31.2 Å². The number of hydrogen-bond donors (Lipinski definition) is 2. The van der Waals surface area contributed by atoms with Gasteiger partial charge >= 0.3 is 0 Å². The third-order valence-electron chi connectivity index (χ3n) is 2.70. The van der Waals surface area contributed by atoms with E-state index in [2.05, 4.69) is 26.6 Å². The van der Waals surface area contributed by atoms with E-state index in [-0.39, 0.29) is 18.0 Å². The van der Waals surface area contributed by atoms with Crippen molar-refractivity contribution in [1.29, 1.82) is 0 Å². The molecule has 21 heavy (non-hydrogen) atoms. The van der Waals surface area contributed by atoms with Gasteiger partial charge in [-0.2, -0.15) is 5.10 Å². The van der Waals surface area contributed by atoms with Crippen LogP contribution >= 0.6 is 0 Å². The summed E-state index contributed by atoms with van der Waals surface area (Å²) in [5, 5.41) is 12.6. The molecule has 0 aromatic carbocycles. The minimum atomic E-state index is -3.68. The fraction of sp³-hybridized carbons (Fsp3) is 0.231. The zero-order valence-corrected chi connectivity index (χ0v) is 12.1. The first-order chi connectivity index (χ1) is 10.0. The van der Waals surface area contributed by atoms with Crippen LogP contribution in [-0.2, 0) is 23.6 Å². The summed E-state index contributed by atoms with van der Waals surface area (Å²) in [5.41, 5.74) is 1.16. The molecule has 0 bridgehead atoms. The van der Waals surface area contributed by atoms with E-state index in [4.69, 9.17) is 5.11 Å². The molecule has 0 atom stereocenters. The summed E-state index contributed by atoms with van der Waals surface area (Å²) in [6.07, 6.45) is 4.27. The summed E-state index contributed by atoms with van der Waals surface area (Å²) in [6, 6.07) is 3.13. The molecule has 0 fully saturated rings. The number of aliphatic hydroxyl groups excluding tert-OH is 1. The smallest absolute Gasteiger partial charge is 0.242 e. The van der Waals surface area contributed by atoms with E-state index >= 15 is 0 Å². The summed E-state index contributed by atoms with van der Waals surface area (Å²) in [4.78, 5) is 3.87. The molecule has 0 unspecified atom stereocenters. The van der Waals surface area contributed by atoms with Crippen LogP contribution in [0.15, 0.2) is 35.6 Å². The molecule has 0 aliphatic carbocycles. The lowest BCUT2D eigenvalue weighted by Gasteiger charge is -2.07. The van der Waals surface area contributed by atoms with E-state index in [1.165, 1.54) is 18.5 Å². The number of aryl methyl sites for hydroxylation is 1. The van der Waals surface area contributed by atoms with Crippen LogP contribution in [0.1, 0.15) is 11.3 Å². The number of rotatable bonds is 4. The lowest BCUT2D eigenvalue weighted by Crippen LogP contribution is -2.24. The van der Waals surface area contributed by atoms with E-state index in [1.54, 1.807) is 24.0 Å². The number of aromatic nitrogens is 3. The number of nitrogens with one attached hydrogen (secondary N) is 1. The average Bonchev–Trinajstić information content (AvgIpc) is 2.89. The van der Waals surface area contributed by atoms with Crippen LogP contribution in [0, 0.1) is 11.8 Å². The monoisotopic (exact) mass is 306 g/mol. The molecule has 8 heteroatoms. The molecule has 2 heterocycles. The Labute approximate surface area is 122 Å². The normalized spacial score (nSPS) is 11.0. The topological polar surface area (TPSA) is 97.1 Å². The van der Waals surface area contributed by atoms with Crippen LogP contribution in [0.2, 0.25) is 0 Å². The van der Waals surface area contributed by atoms with E-state index in [0.29, 0.717) is 5.56 Å². The Balaban J connectivity index is 2.17. The molecule has 2 aromatic heterocycles. The molecule has 0 amide bonds. The van der Waals surface area contributed by atoms with Gasteiger partial charge < -0.3 is 5.11 Å². The molecular formula is C13H14N4O3S. The van der Waals surface area contributed by atoms with Gasteiger partial charge in [-0.1, -0.05) is 11.8 Å². The predicted octanol–water partition coefficient (Wildman–Crippen LogP) is -0.363. The van der Waals surface area contributed by atoms with Gasteiger partial charge in [0.1, 0.15) is 11.5 Å². The molecule has 2 aromatic rings.